The molecular weight excluding hydrogens is 172 g/mol. The smallest absolute Gasteiger partial charge is 0.0684 e. The van der Waals surface area contributed by atoms with E-state index in [9.17, 15) is 0 Å². The second-order valence-electron chi connectivity index (χ2n) is 4.63. The fraction of sp³-hybridized carbons (Fsp3) is 0.917. The van der Waals surface area contributed by atoms with Crippen molar-refractivity contribution in [3.8, 4) is 6.07 Å². The monoisotopic (exact) mass is 196 g/mol. The average Bonchev–Trinajstić information content (AvgIpc) is 2.18. The van der Waals surface area contributed by atoms with Gasteiger partial charge in [-0.15, -0.1) is 0 Å². The number of nitriles is 1. The largest absolute Gasteiger partial charge is 0.316 e. The zero-order valence-electron chi connectivity index (χ0n) is 10.1. The summed E-state index contributed by atoms with van der Waals surface area (Å²) in [6.45, 7) is 10.5. The first-order valence-electron chi connectivity index (χ1n) is 5.67. The lowest BCUT2D eigenvalue weighted by Gasteiger charge is -2.17. The van der Waals surface area contributed by atoms with E-state index in [2.05, 4.69) is 25.2 Å². The van der Waals surface area contributed by atoms with E-state index in [1.165, 1.54) is 12.8 Å². The normalized spacial score (nSPS) is 11.7. The molecule has 0 rings (SSSR count). The van der Waals surface area contributed by atoms with Gasteiger partial charge in [0.1, 0.15) is 0 Å². The van der Waals surface area contributed by atoms with E-state index in [0.29, 0.717) is 0 Å². The molecule has 0 aliphatic rings. The van der Waals surface area contributed by atoms with Crippen LogP contribution in [-0.4, -0.2) is 13.1 Å². The number of nitrogens with zero attached hydrogens (tertiary/aromatic N) is 1. The van der Waals surface area contributed by atoms with Crippen molar-refractivity contribution in [3.63, 3.8) is 0 Å². The molecule has 0 aliphatic heterocycles. The fourth-order valence-electron chi connectivity index (χ4n) is 1.34. The zero-order valence-corrected chi connectivity index (χ0v) is 10.1. The van der Waals surface area contributed by atoms with Gasteiger partial charge in [-0.05, 0) is 39.3 Å². The van der Waals surface area contributed by atoms with Gasteiger partial charge in [0, 0.05) is 0 Å². The molecule has 0 radical (unpaired) electrons. The minimum absolute atomic E-state index is 0.180. The van der Waals surface area contributed by atoms with Gasteiger partial charge < -0.3 is 5.32 Å². The van der Waals surface area contributed by atoms with Gasteiger partial charge >= 0.3 is 0 Å². The summed E-state index contributed by atoms with van der Waals surface area (Å²) in [6.07, 6.45) is 3.42. The summed E-state index contributed by atoms with van der Waals surface area (Å²) in [7, 11) is 0. The molecule has 0 saturated heterocycles. The highest BCUT2D eigenvalue weighted by atomic mass is 14.9. The maximum absolute atomic E-state index is 8.82. The molecule has 2 nitrogen and oxygen atoms in total. The van der Waals surface area contributed by atoms with E-state index in [-0.39, 0.29) is 5.41 Å². The third-order valence-corrected chi connectivity index (χ3v) is 2.82. The summed E-state index contributed by atoms with van der Waals surface area (Å²) in [4.78, 5) is 0. The zero-order chi connectivity index (χ0) is 11.0. The van der Waals surface area contributed by atoms with Crippen LogP contribution in [-0.2, 0) is 0 Å². The standard InChI is InChI=1S/C12H24N2/c1-5-11(6-2)9-14-8-7-12(3,4)10-13/h11,14H,5-9H2,1-4H3. The molecule has 0 aromatic rings. The van der Waals surface area contributed by atoms with Crippen LogP contribution in [0.5, 0.6) is 0 Å². The molecule has 0 heterocycles. The quantitative estimate of drug-likeness (QED) is 0.635. The Hall–Kier alpha value is -0.550. The Morgan fingerprint density at radius 1 is 1.29 bits per heavy atom. The first-order chi connectivity index (χ1) is 6.55. The van der Waals surface area contributed by atoms with Crippen LogP contribution in [0.2, 0.25) is 0 Å². The van der Waals surface area contributed by atoms with Crippen molar-refractivity contribution in [1.82, 2.24) is 5.32 Å². The summed E-state index contributed by atoms with van der Waals surface area (Å²) in [5.74, 6) is 0.792. The molecule has 0 aliphatic carbocycles. The average molecular weight is 196 g/mol. The minimum Gasteiger partial charge on any atom is -0.316 e. The van der Waals surface area contributed by atoms with Crippen LogP contribution in [0, 0.1) is 22.7 Å². The molecule has 0 aromatic carbocycles. The molecule has 0 amide bonds. The lowest BCUT2D eigenvalue weighted by Crippen LogP contribution is -2.26. The highest BCUT2D eigenvalue weighted by Gasteiger charge is 2.15. The summed E-state index contributed by atoms with van der Waals surface area (Å²) in [5.41, 5.74) is -0.180. The molecule has 2 heteroatoms. The van der Waals surface area contributed by atoms with E-state index in [1.54, 1.807) is 0 Å². The highest BCUT2D eigenvalue weighted by molar-refractivity contribution is 4.91. The van der Waals surface area contributed by atoms with Gasteiger partial charge in [0.25, 0.3) is 0 Å². The second-order valence-corrected chi connectivity index (χ2v) is 4.63. The highest BCUT2D eigenvalue weighted by Crippen LogP contribution is 2.17. The van der Waals surface area contributed by atoms with Gasteiger partial charge in [-0.3, -0.25) is 0 Å². The Kier molecular flexibility index (Phi) is 6.57. The molecule has 0 unspecified atom stereocenters. The van der Waals surface area contributed by atoms with E-state index in [0.717, 1.165) is 25.4 Å². The molecule has 0 atom stereocenters. The van der Waals surface area contributed by atoms with Gasteiger partial charge in [-0.25, -0.2) is 0 Å². The van der Waals surface area contributed by atoms with Gasteiger partial charge in [0.05, 0.1) is 11.5 Å². The summed E-state index contributed by atoms with van der Waals surface area (Å²) in [5, 5.41) is 12.2. The van der Waals surface area contributed by atoms with Crippen molar-refractivity contribution < 1.29 is 0 Å². The third-order valence-electron chi connectivity index (χ3n) is 2.82. The van der Waals surface area contributed by atoms with Crippen LogP contribution in [0.25, 0.3) is 0 Å². The number of nitrogens with one attached hydrogen (secondary N) is 1. The molecule has 0 aromatic heterocycles. The fourth-order valence-corrected chi connectivity index (χ4v) is 1.34. The first-order valence-corrected chi connectivity index (χ1v) is 5.67. The summed E-state index contributed by atoms with van der Waals surface area (Å²) < 4.78 is 0. The molecule has 14 heavy (non-hydrogen) atoms. The molecule has 0 fully saturated rings. The van der Waals surface area contributed by atoms with E-state index < -0.39 is 0 Å². The predicted molar refractivity (Wildman–Crippen MR) is 61.0 cm³/mol. The van der Waals surface area contributed by atoms with Crippen LogP contribution in [0.4, 0.5) is 0 Å². The van der Waals surface area contributed by atoms with Crippen molar-refractivity contribution >= 4 is 0 Å². The predicted octanol–water partition coefficient (Wildman–Crippen LogP) is 2.95. The molecular formula is C12H24N2. The number of rotatable bonds is 7. The molecule has 1 N–H and O–H groups in total. The summed E-state index contributed by atoms with van der Waals surface area (Å²) >= 11 is 0. The van der Waals surface area contributed by atoms with Crippen LogP contribution >= 0.6 is 0 Å². The Morgan fingerprint density at radius 3 is 2.29 bits per heavy atom. The Balaban J connectivity index is 3.52. The van der Waals surface area contributed by atoms with Gasteiger partial charge in [-0.1, -0.05) is 26.7 Å². The van der Waals surface area contributed by atoms with Crippen LogP contribution < -0.4 is 5.32 Å². The summed E-state index contributed by atoms with van der Waals surface area (Å²) in [6, 6.07) is 2.32. The van der Waals surface area contributed by atoms with Crippen molar-refractivity contribution in [3.05, 3.63) is 0 Å². The van der Waals surface area contributed by atoms with Gasteiger partial charge in [0.15, 0.2) is 0 Å². The Morgan fingerprint density at radius 2 is 1.86 bits per heavy atom. The maximum Gasteiger partial charge on any atom is 0.0684 e. The molecule has 82 valence electrons. The van der Waals surface area contributed by atoms with Crippen LogP contribution in [0.3, 0.4) is 0 Å². The third kappa shape index (κ3) is 5.99. The second kappa shape index (κ2) is 6.84. The van der Waals surface area contributed by atoms with Gasteiger partial charge in [0.2, 0.25) is 0 Å². The topological polar surface area (TPSA) is 35.8 Å². The number of hydrogen-bond acceptors (Lipinski definition) is 2. The number of hydrogen-bond donors (Lipinski definition) is 1. The van der Waals surface area contributed by atoms with E-state index >= 15 is 0 Å². The first kappa shape index (κ1) is 13.4. The van der Waals surface area contributed by atoms with Crippen molar-refractivity contribution in [2.24, 2.45) is 11.3 Å². The van der Waals surface area contributed by atoms with Gasteiger partial charge in [-0.2, -0.15) is 5.26 Å². The SMILES string of the molecule is CCC(CC)CNCCC(C)(C)C#N. The maximum atomic E-state index is 8.82. The van der Waals surface area contributed by atoms with Crippen LogP contribution in [0.1, 0.15) is 47.0 Å². The molecule has 0 spiro atoms. The lowest BCUT2D eigenvalue weighted by atomic mass is 9.91. The van der Waals surface area contributed by atoms with Crippen LogP contribution in [0.15, 0.2) is 0 Å². The minimum atomic E-state index is -0.180. The van der Waals surface area contributed by atoms with Crippen molar-refractivity contribution in [2.45, 2.75) is 47.0 Å². The van der Waals surface area contributed by atoms with E-state index in [4.69, 9.17) is 5.26 Å². The Bertz CT molecular complexity index is 175. The lowest BCUT2D eigenvalue weighted by molar-refractivity contribution is 0.399. The molecule has 0 saturated carbocycles. The molecule has 0 bridgehead atoms. The Labute approximate surface area is 88.7 Å². The van der Waals surface area contributed by atoms with Crippen molar-refractivity contribution in [1.29, 1.82) is 5.26 Å². The van der Waals surface area contributed by atoms with E-state index in [1.807, 2.05) is 13.8 Å². The van der Waals surface area contributed by atoms with Crippen molar-refractivity contribution in [2.75, 3.05) is 13.1 Å².